The van der Waals surface area contributed by atoms with Gasteiger partial charge in [0, 0.05) is 43.6 Å². The molecular formula is C25H33N3O3. The fourth-order valence-corrected chi connectivity index (χ4v) is 4.95. The van der Waals surface area contributed by atoms with E-state index >= 15 is 0 Å². The van der Waals surface area contributed by atoms with Gasteiger partial charge in [0.1, 0.15) is 6.54 Å². The Morgan fingerprint density at radius 3 is 2.35 bits per heavy atom. The van der Waals surface area contributed by atoms with Gasteiger partial charge in [-0.25, -0.2) is 4.79 Å². The lowest BCUT2D eigenvalue weighted by Gasteiger charge is -2.38. The number of carbonyl (C=O) groups is 2. The van der Waals surface area contributed by atoms with Crippen molar-refractivity contribution in [1.29, 1.82) is 0 Å². The highest BCUT2D eigenvalue weighted by molar-refractivity contribution is 5.93. The third-order valence-electron chi connectivity index (χ3n) is 6.73. The maximum absolute atomic E-state index is 13.2. The van der Waals surface area contributed by atoms with Crippen molar-refractivity contribution in [3.05, 3.63) is 47.7 Å². The van der Waals surface area contributed by atoms with Crippen LogP contribution in [0.4, 0.5) is 0 Å². The molecule has 31 heavy (non-hydrogen) atoms. The zero-order chi connectivity index (χ0) is 21.8. The number of amides is 1. The normalized spacial score (nSPS) is 17.8. The molecule has 0 N–H and O–H groups in total. The minimum absolute atomic E-state index is 0.109. The monoisotopic (exact) mass is 423 g/mol. The Hall–Kier alpha value is -2.60. The number of ether oxygens (including phenoxy) is 1. The molecule has 1 aromatic carbocycles. The minimum Gasteiger partial charge on any atom is -0.462 e. The van der Waals surface area contributed by atoms with E-state index in [0.717, 1.165) is 43.1 Å². The minimum atomic E-state index is -0.339. The van der Waals surface area contributed by atoms with Gasteiger partial charge in [-0.2, -0.15) is 0 Å². The summed E-state index contributed by atoms with van der Waals surface area (Å²) in [5.41, 5.74) is 3.16. The molecule has 166 valence electrons. The van der Waals surface area contributed by atoms with Gasteiger partial charge in [-0.3, -0.25) is 9.69 Å². The smallest absolute Gasteiger partial charge is 0.339 e. The molecule has 2 fully saturated rings. The van der Waals surface area contributed by atoms with Gasteiger partial charge in [0.15, 0.2) is 0 Å². The molecule has 1 saturated heterocycles. The van der Waals surface area contributed by atoms with Gasteiger partial charge in [-0.1, -0.05) is 43.2 Å². The summed E-state index contributed by atoms with van der Waals surface area (Å²) in [6, 6.07) is 12.5. The molecule has 2 aliphatic rings. The van der Waals surface area contributed by atoms with Crippen LogP contribution >= 0.6 is 0 Å². The Bertz CT molecular complexity index is 908. The van der Waals surface area contributed by atoms with Crippen LogP contribution in [0.25, 0.3) is 11.3 Å². The summed E-state index contributed by atoms with van der Waals surface area (Å²) in [6.07, 6.45) is 5.27. The van der Waals surface area contributed by atoms with Crippen molar-refractivity contribution in [2.45, 2.75) is 52.1 Å². The molecular weight excluding hydrogens is 390 g/mol. The standard InChI is InChI=1S/C25H33N3O3/c1-3-31-25(30)22-17-23(20-9-5-4-6-10-20)28(19(22)2)18-24(29)27-15-13-26(14-16-27)21-11-7-8-12-21/h4-6,9-10,17,21H,3,7-8,11-16,18H2,1-2H3. The van der Waals surface area contributed by atoms with Gasteiger partial charge < -0.3 is 14.2 Å². The number of hydrogen-bond acceptors (Lipinski definition) is 4. The van der Waals surface area contributed by atoms with Crippen LogP contribution in [0.15, 0.2) is 36.4 Å². The zero-order valence-electron chi connectivity index (χ0n) is 18.7. The van der Waals surface area contributed by atoms with Crippen LogP contribution < -0.4 is 0 Å². The summed E-state index contributed by atoms with van der Waals surface area (Å²) in [4.78, 5) is 30.2. The molecule has 6 heteroatoms. The van der Waals surface area contributed by atoms with E-state index in [1.165, 1.54) is 25.7 Å². The Labute approximate surface area is 184 Å². The number of carbonyl (C=O) groups excluding carboxylic acids is 2. The lowest BCUT2D eigenvalue weighted by Crippen LogP contribution is -2.52. The summed E-state index contributed by atoms with van der Waals surface area (Å²) < 4.78 is 7.21. The summed E-state index contributed by atoms with van der Waals surface area (Å²) in [5, 5.41) is 0. The number of rotatable bonds is 6. The first-order valence-electron chi connectivity index (χ1n) is 11.5. The maximum atomic E-state index is 13.2. The fraction of sp³-hybridized carbons (Fsp3) is 0.520. The highest BCUT2D eigenvalue weighted by Crippen LogP contribution is 2.27. The second-order valence-electron chi connectivity index (χ2n) is 8.56. The Morgan fingerprint density at radius 2 is 1.71 bits per heavy atom. The first-order chi connectivity index (χ1) is 15.1. The molecule has 1 saturated carbocycles. The highest BCUT2D eigenvalue weighted by atomic mass is 16.5. The predicted octanol–water partition coefficient (Wildman–Crippen LogP) is 3.73. The summed E-state index contributed by atoms with van der Waals surface area (Å²) in [7, 11) is 0. The van der Waals surface area contributed by atoms with Crippen molar-refractivity contribution in [2.24, 2.45) is 0 Å². The average Bonchev–Trinajstić information content (AvgIpc) is 3.44. The lowest BCUT2D eigenvalue weighted by atomic mass is 10.1. The van der Waals surface area contributed by atoms with Gasteiger partial charge in [-0.05, 0) is 38.3 Å². The number of benzene rings is 1. The molecule has 1 aromatic heterocycles. The van der Waals surface area contributed by atoms with Crippen molar-refractivity contribution in [1.82, 2.24) is 14.4 Å². The number of esters is 1. The molecule has 1 amide bonds. The van der Waals surface area contributed by atoms with Crippen LogP contribution in [0.3, 0.4) is 0 Å². The van der Waals surface area contributed by atoms with E-state index < -0.39 is 0 Å². The van der Waals surface area contributed by atoms with Crippen LogP contribution in [-0.2, 0) is 16.1 Å². The van der Waals surface area contributed by atoms with Gasteiger partial charge in [0.05, 0.1) is 12.2 Å². The number of piperazine rings is 1. The molecule has 4 rings (SSSR count). The van der Waals surface area contributed by atoms with Crippen molar-refractivity contribution in [3.63, 3.8) is 0 Å². The van der Waals surface area contributed by atoms with E-state index in [-0.39, 0.29) is 18.4 Å². The summed E-state index contributed by atoms with van der Waals surface area (Å²) >= 11 is 0. The number of hydrogen-bond donors (Lipinski definition) is 0. The lowest BCUT2D eigenvalue weighted by molar-refractivity contribution is -0.133. The second-order valence-corrected chi connectivity index (χ2v) is 8.56. The summed E-state index contributed by atoms with van der Waals surface area (Å²) in [6.45, 7) is 7.73. The van der Waals surface area contributed by atoms with E-state index in [1.54, 1.807) is 6.92 Å². The van der Waals surface area contributed by atoms with Crippen LogP contribution in [0.1, 0.15) is 48.7 Å². The topological polar surface area (TPSA) is 54.8 Å². The zero-order valence-corrected chi connectivity index (χ0v) is 18.7. The number of aromatic nitrogens is 1. The molecule has 2 aromatic rings. The first kappa shape index (κ1) is 21.6. The van der Waals surface area contributed by atoms with Crippen LogP contribution in [-0.4, -0.2) is 65.1 Å². The van der Waals surface area contributed by atoms with Crippen LogP contribution in [0.2, 0.25) is 0 Å². The van der Waals surface area contributed by atoms with Crippen LogP contribution in [0.5, 0.6) is 0 Å². The third kappa shape index (κ3) is 4.69. The van der Waals surface area contributed by atoms with E-state index in [9.17, 15) is 9.59 Å². The van der Waals surface area contributed by atoms with Gasteiger partial charge in [-0.15, -0.1) is 0 Å². The average molecular weight is 424 g/mol. The quantitative estimate of drug-likeness (QED) is 0.665. The maximum Gasteiger partial charge on any atom is 0.339 e. The molecule has 0 unspecified atom stereocenters. The molecule has 0 atom stereocenters. The molecule has 0 bridgehead atoms. The highest BCUT2D eigenvalue weighted by Gasteiger charge is 2.29. The van der Waals surface area contributed by atoms with Crippen molar-refractivity contribution < 1.29 is 14.3 Å². The summed E-state index contributed by atoms with van der Waals surface area (Å²) in [5.74, 6) is -0.231. The van der Waals surface area contributed by atoms with E-state index in [2.05, 4.69) is 4.90 Å². The Balaban J connectivity index is 1.51. The molecule has 1 aliphatic heterocycles. The molecule has 0 radical (unpaired) electrons. The molecule has 2 heterocycles. The predicted molar refractivity (Wildman–Crippen MR) is 121 cm³/mol. The fourth-order valence-electron chi connectivity index (χ4n) is 4.95. The van der Waals surface area contributed by atoms with Crippen molar-refractivity contribution in [2.75, 3.05) is 32.8 Å². The SMILES string of the molecule is CCOC(=O)c1cc(-c2ccccc2)n(CC(=O)N2CCN(C3CCCC3)CC2)c1C. The van der Waals surface area contributed by atoms with Gasteiger partial charge in [0.2, 0.25) is 5.91 Å². The van der Waals surface area contributed by atoms with Crippen molar-refractivity contribution in [3.8, 4) is 11.3 Å². The largest absolute Gasteiger partial charge is 0.462 e. The number of nitrogens with zero attached hydrogens (tertiary/aromatic N) is 3. The van der Waals surface area contributed by atoms with E-state index in [1.807, 2.05) is 52.8 Å². The molecule has 1 aliphatic carbocycles. The van der Waals surface area contributed by atoms with Crippen molar-refractivity contribution >= 4 is 11.9 Å². The molecule has 0 spiro atoms. The van der Waals surface area contributed by atoms with E-state index in [0.29, 0.717) is 18.2 Å². The first-order valence-corrected chi connectivity index (χ1v) is 11.5. The molecule has 6 nitrogen and oxygen atoms in total. The third-order valence-corrected chi connectivity index (χ3v) is 6.73. The van der Waals surface area contributed by atoms with Gasteiger partial charge in [0.25, 0.3) is 0 Å². The Kier molecular flexibility index (Phi) is 6.76. The van der Waals surface area contributed by atoms with Gasteiger partial charge >= 0.3 is 5.97 Å². The van der Waals surface area contributed by atoms with Crippen LogP contribution in [0, 0.1) is 6.92 Å². The Morgan fingerprint density at radius 1 is 1.03 bits per heavy atom. The second kappa shape index (κ2) is 9.69. The van der Waals surface area contributed by atoms with E-state index in [4.69, 9.17) is 4.74 Å².